The molecule has 2 aliphatic heterocycles. The maximum Gasteiger partial charge on any atom is 0.237 e. The summed E-state index contributed by atoms with van der Waals surface area (Å²) in [5, 5.41) is 0. The summed E-state index contributed by atoms with van der Waals surface area (Å²) in [6, 6.07) is 17.5. The number of hydrogen-bond acceptors (Lipinski definition) is 6. The molecule has 8 rings (SSSR count). The van der Waals surface area contributed by atoms with Crippen molar-refractivity contribution in [2.75, 3.05) is 24.4 Å². The largest absolute Gasteiger partial charge is 0.473 e. The van der Waals surface area contributed by atoms with Gasteiger partial charge in [0.15, 0.2) is 0 Å². The number of aryl methyl sites for hydroxylation is 2. The van der Waals surface area contributed by atoms with Crippen molar-refractivity contribution in [2.45, 2.75) is 75.7 Å². The lowest BCUT2D eigenvalue weighted by molar-refractivity contribution is 0.133. The molecule has 2 atom stereocenters. The molecule has 3 aliphatic carbocycles. The topological polar surface area (TPSA) is 50.3 Å². The summed E-state index contributed by atoms with van der Waals surface area (Å²) < 4.78 is 10.2. The fourth-order valence-corrected chi connectivity index (χ4v) is 9.11. The van der Waals surface area contributed by atoms with Gasteiger partial charge in [-0.2, -0.15) is 4.98 Å². The molecule has 0 radical (unpaired) electrons. The first kappa shape index (κ1) is 24.2. The van der Waals surface area contributed by atoms with Crippen LogP contribution in [0.2, 0.25) is 0 Å². The summed E-state index contributed by atoms with van der Waals surface area (Å²) in [5.41, 5.74) is 7.53. The Labute approximate surface area is 236 Å². The van der Waals surface area contributed by atoms with Gasteiger partial charge in [0.2, 0.25) is 11.8 Å². The number of ether oxygens (including phenoxy) is 1. The molecular weight excluding hydrogens is 500 g/mol. The van der Waals surface area contributed by atoms with E-state index >= 15 is 0 Å². The second-order valence-electron chi connectivity index (χ2n) is 12.9. The first-order valence-electron chi connectivity index (χ1n) is 14.9. The van der Waals surface area contributed by atoms with Crippen LogP contribution in [0.4, 0.5) is 5.95 Å². The zero-order valence-corrected chi connectivity index (χ0v) is 23.9. The Morgan fingerprint density at radius 2 is 1.77 bits per heavy atom. The Morgan fingerprint density at radius 3 is 2.54 bits per heavy atom. The molecule has 2 spiro atoms. The van der Waals surface area contributed by atoms with Gasteiger partial charge in [0, 0.05) is 23.1 Å². The molecule has 6 heteroatoms. The van der Waals surface area contributed by atoms with Crippen molar-refractivity contribution < 1.29 is 4.74 Å². The van der Waals surface area contributed by atoms with E-state index in [0.717, 1.165) is 42.0 Å². The van der Waals surface area contributed by atoms with Gasteiger partial charge in [-0.3, -0.25) is 9.62 Å². The van der Waals surface area contributed by atoms with Crippen molar-refractivity contribution >= 4 is 17.9 Å². The van der Waals surface area contributed by atoms with Crippen LogP contribution in [-0.4, -0.2) is 40.6 Å². The van der Waals surface area contributed by atoms with Crippen molar-refractivity contribution in [3.05, 3.63) is 65.2 Å². The Morgan fingerprint density at radius 1 is 1.00 bits per heavy atom. The standard InChI is InChI=1S/C33H38N4OS/c1-21-5-3-6-22(2)30(21)27-19-29-35-31(34-27)36-39-26-8-4-7-23(18-26)24-9-15-37(20-25(17-24)38-29)16-10-28-32(11-12-32)33(28)13-14-33/h3-8,18-19,24-25,28H,9-17,20H2,1-2H3,(H,34,35,36)/t24?,25-/m0/s1. The Bertz CT molecular complexity index is 1390. The Hall–Kier alpha value is -2.57. The number of nitrogens with one attached hydrogen (secondary N) is 1. The molecule has 1 N–H and O–H groups in total. The van der Waals surface area contributed by atoms with Crippen molar-refractivity contribution in [1.82, 2.24) is 14.9 Å². The summed E-state index contributed by atoms with van der Waals surface area (Å²) in [6.07, 6.45) is 9.71. The predicted molar refractivity (Wildman–Crippen MR) is 157 cm³/mol. The van der Waals surface area contributed by atoms with Gasteiger partial charge in [0.1, 0.15) is 6.10 Å². The van der Waals surface area contributed by atoms with Gasteiger partial charge in [0.25, 0.3) is 0 Å². The minimum absolute atomic E-state index is 0.103. The van der Waals surface area contributed by atoms with Crippen LogP contribution >= 0.6 is 11.9 Å². The van der Waals surface area contributed by atoms with Crippen molar-refractivity contribution in [3.8, 4) is 17.1 Å². The molecule has 4 fully saturated rings. The second kappa shape index (κ2) is 8.97. The van der Waals surface area contributed by atoms with E-state index in [-0.39, 0.29) is 6.10 Å². The molecule has 1 saturated heterocycles. The molecule has 202 valence electrons. The lowest BCUT2D eigenvalue weighted by Gasteiger charge is -2.25. The lowest BCUT2D eigenvalue weighted by Crippen LogP contribution is -2.35. The molecule has 2 aromatic carbocycles. The van der Waals surface area contributed by atoms with E-state index in [4.69, 9.17) is 14.7 Å². The fourth-order valence-electron chi connectivity index (χ4n) is 8.47. The van der Waals surface area contributed by atoms with Crippen LogP contribution < -0.4 is 9.46 Å². The highest BCUT2D eigenvalue weighted by molar-refractivity contribution is 8.00. The van der Waals surface area contributed by atoms with Crippen LogP contribution in [-0.2, 0) is 0 Å². The summed E-state index contributed by atoms with van der Waals surface area (Å²) in [6.45, 7) is 7.64. The van der Waals surface area contributed by atoms with Gasteiger partial charge >= 0.3 is 0 Å². The van der Waals surface area contributed by atoms with E-state index in [9.17, 15) is 0 Å². The summed E-state index contributed by atoms with van der Waals surface area (Å²) in [7, 11) is 0. The Balaban J connectivity index is 1.11. The molecule has 1 unspecified atom stereocenters. The van der Waals surface area contributed by atoms with Crippen molar-refractivity contribution in [2.24, 2.45) is 16.7 Å². The highest BCUT2D eigenvalue weighted by Gasteiger charge is 2.85. The minimum atomic E-state index is 0.103. The number of hydrogen-bond donors (Lipinski definition) is 1. The third-order valence-corrected chi connectivity index (χ3v) is 11.4. The molecule has 0 amide bonds. The molecule has 1 aromatic heterocycles. The van der Waals surface area contributed by atoms with E-state index in [0.29, 0.717) is 17.7 Å². The average molecular weight is 539 g/mol. The van der Waals surface area contributed by atoms with Crippen LogP contribution in [0.3, 0.4) is 0 Å². The van der Waals surface area contributed by atoms with E-state index < -0.39 is 0 Å². The molecule has 39 heavy (non-hydrogen) atoms. The molecule has 3 aromatic rings. The molecule has 5 aliphatic rings. The Kier molecular flexibility index (Phi) is 5.58. The molecule has 5 nitrogen and oxygen atoms in total. The second-order valence-corrected chi connectivity index (χ2v) is 13.8. The smallest absolute Gasteiger partial charge is 0.237 e. The van der Waals surface area contributed by atoms with Crippen LogP contribution in [0, 0.1) is 30.6 Å². The third kappa shape index (κ3) is 4.17. The number of anilines is 1. The maximum atomic E-state index is 6.81. The van der Waals surface area contributed by atoms with Gasteiger partial charge in [-0.25, -0.2) is 4.98 Å². The van der Waals surface area contributed by atoms with Crippen molar-refractivity contribution in [1.29, 1.82) is 0 Å². The van der Waals surface area contributed by atoms with Crippen molar-refractivity contribution in [3.63, 3.8) is 0 Å². The van der Waals surface area contributed by atoms with Crippen LogP contribution in [0.15, 0.2) is 53.4 Å². The van der Waals surface area contributed by atoms with E-state index in [1.807, 2.05) is 0 Å². The van der Waals surface area contributed by atoms with Crippen LogP contribution in [0.1, 0.15) is 67.6 Å². The van der Waals surface area contributed by atoms with Gasteiger partial charge in [-0.1, -0.05) is 30.3 Å². The van der Waals surface area contributed by atoms with Gasteiger partial charge in [-0.15, -0.1) is 0 Å². The lowest BCUT2D eigenvalue weighted by atomic mass is 9.91. The molecule has 6 bridgehead atoms. The zero-order valence-electron chi connectivity index (χ0n) is 23.1. The first-order valence-corrected chi connectivity index (χ1v) is 15.7. The zero-order chi connectivity index (χ0) is 26.2. The fraction of sp³-hybridized carbons (Fsp3) is 0.515. The molecular formula is C33H38N4OS. The number of rotatable bonds is 4. The molecule has 3 heterocycles. The number of fused-ring (bicyclic) bond motifs is 8. The van der Waals surface area contributed by atoms with Gasteiger partial charge in [0.05, 0.1) is 5.69 Å². The number of nitrogens with zero attached hydrogens (tertiary/aromatic N) is 3. The summed E-state index contributed by atoms with van der Waals surface area (Å²) in [5.74, 6) is 2.77. The van der Waals surface area contributed by atoms with E-state index in [1.165, 1.54) is 72.2 Å². The highest BCUT2D eigenvalue weighted by Crippen LogP contribution is 2.93. The maximum absolute atomic E-state index is 6.81. The monoisotopic (exact) mass is 538 g/mol. The number of likely N-dealkylation sites (tertiary alicyclic amines) is 1. The van der Waals surface area contributed by atoms with Crippen LogP contribution in [0.5, 0.6) is 5.88 Å². The first-order chi connectivity index (χ1) is 19.0. The van der Waals surface area contributed by atoms with E-state index in [1.54, 1.807) is 11.9 Å². The summed E-state index contributed by atoms with van der Waals surface area (Å²) in [4.78, 5) is 13.7. The minimum Gasteiger partial charge on any atom is -0.473 e. The normalized spacial score (nSPS) is 26.1. The predicted octanol–water partition coefficient (Wildman–Crippen LogP) is 7.40. The third-order valence-electron chi connectivity index (χ3n) is 10.7. The van der Waals surface area contributed by atoms with Gasteiger partial charge in [-0.05, 0) is 135 Å². The quantitative estimate of drug-likeness (QED) is 0.349. The SMILES string of the molecule is Cc1cccc(C)c1-c1cc2nc(n1)NSc1cccc(c1)C1CCN(CCC3C4(CC4)C34CC4)C[C@H](C1)O2. The average Bonchev–Trinajstić information content (AvgIpc) is 3.84. The summed E-state index contributed by atoms with van der Waals surface area (Å²) >= 11 is 1.58. The number of aromatic nitrogens is 2. The van der Waals surface area contributed by atoms with Gasteiger partial charge < -0.3 is 4.74 Å². The van der Waals surface area contributed by atoms with E-state index in [2.05, 4.69) is 72.0 Å². The number of benzene rings is 2. The molecule has 3 saturated carbocycles. The van der Waals surface area contributed by atoms with Crippen LogP contribution in [0.25, 0.3) is 11.3 Å². The highest BCUT2D eigenvalue weighted by atomic mass is 32.2.